The molecule has 4 nitrogen and oxygen atoms in total. The Balaban J connectivity index is 1.55. The molecule has 2 fully saturated rings. The summed E-state index contributed by atoms with van der Waals surface area (Å²) >= 11 is 0. The molecule has 0 aromatic heterocycles. The Morgan fingerprint density at radius 1 is 1.04 bits per heavy atom. The lowest BCUT2D eigenvalue weighted by Gasteiger charge is -2.30. The van der Waals surface area contributed by atoms with Crippen molar-refractivity contribution in [3.8, 4) is 0 Å². The quantitative estimate of drug-likeness (QED) is 0.923. The highest BCUT2D eigenvalue weighted by molar-refractivity contribution is 5.85. The van der Waals surface area contributed by atoms with Crippen LogP contribution in [0.4, 0.5) is 4.39 Å². The number of carbonyl (C=O) groups is 2. The first-order chi connectivity index (χ1) is 12.6. The molecule has 1 aliphatic heterocycles. The van der Waals surface area contributed by atoms with Crippen molar-refractivity contribution < 1.29 is 14.0 Å². The van der Waals surface area contributed by atoms with Gasteiger partial charge in [-0.15, -0.1) is 0 Å². The fraction of sp³-hybridized carbons (Fsp3) is 0.333. The molecule has 26 heavy (non-hydrogen) atoms. The molecule has 1 saturated heterocycles. The average Bonchev–Trinajstić information content (AvgIpc) is 3.47. The van der Waals surface area contributed by atoms with E-state index in [1.165, 1.54) is 12.1 Å². The van der Waals surface area contributed by atoms with E-state index >= 15 is 0 Å². The average molecular weight is 352 g/mol. The van der Waals surface area contributed by atoms with Gasteiger partial charge in [0, 0.05) is 19.0 Å². The Morgan fingerprint density at radius 2 is 1.77 bits per heavy atom. The summed E-state index contributed by atoms with van der Waals surface area (Å²) in [4.78, 5) is 27.1. The fourth-order valence-corrected chi connectivity index (χ4v) is 3.83. The van der Waals surface area contributed by atoms with Crippen LogP contribution in [0, 0.1) is 11.7 Å². The zero-order valence-corrected chi connectivity index (χ0v) is 14.4. The van der Waals surface area contributed by atoms with E-state index in [1.807, 2.05) is 35.2 Å². The molecule has 0 unspecified atom stereocenters. The molecule has 2 aromatic rings. The van der Waals surface area contributed by atoms with Crippen molar-refractivity contribution in [1.82, 2.24) is 10.2 Å². The van der Waals surface area contributed by atoms with Crippen molar-refractivity contribution in [2.24, 2.45) is 5.92 Å². The lowest BCUT2D eigenvalue weighted by Crippen LogP contribution is -2.37. The van der Waals surface area contributed by atoms with Gasteiger partial charge in [-0.2, -0.15) is 0 Å². The van der Waals surface area contributed by atoms with Crippen molar-refractivity contribution in [3.63, 3.8) is 0 Å². The van der Waals surface area contributed by atoms with Crippen LogP contribution in [0.15, 0.2) is 54.6 Å². The summed E-state index contributed by atoms with van der Waals surface area (Å²) in [6, 6.07) is 15.9. The standard InChI is InChI=1S/C21H21FN2O2/c22-16-8-6-14(7-9-16)17-12-18(17)21(26)24-11-10-23-20(25)13-19(24)15-4-2-1-3-5-15/h1-9,17-19H,10-13H2,(H,23,25)/t17-,18+,19-/m1/s1. The molecule has 1 N–H and O–H groups in total. The van der Waals surface area contributed by atoms with Gasteiger partial charge in [0.15, 0.2) is 0 Å². The van der Waals surface area contributed by atoms with Gasteiger partial charge in [0.25, 0.3) is 0 Å². The number of nitrogens with one attached hydrogen (secondary N) is 1. The molecule has 2 amide bonds. The third kappa shape index (κ3) is 3.34. The number of carbonyl (C=O) groups excluding carboxylic acids is 2. The molecule has 0 spiro atoms. The van der Waals surface area contributed by atoms with Gasteiger partial charge in [-0.05, 0) is 35.6 Å². The zero-order valence-electron chi connectivity index (χ0n) is 14.4. The van der Waals surface area contributed by atoms with Gasteiger partial charge in [-0.1, -0.05) is 42.5 Å². The van der Waals surface area contributed by atoms with E-state index in [1.54, 1.807) is 12.1 Å². The third-order valence-corrected chi connectivity index (χ3v) is 5.30. The molecule has 1 saturated carbocycles. The zero-order chi connectivity index (χ0) is 18.1. The molecule has 1 aliphatic carbocycles. The summed E-state index contributed by atoms with van der Waals surface area (Å²) in [6.07, 6.45) is 1.06. The Kier molecular flexibility index (Phi) is 4.45. The van der Waals surface area contributed by atoms with Crippen LogP contribution in [0.25, 0.3) is 0 Å². The maximum Gasteiger partial charge on any atom is 0.226 e. The van der Waals surface area contributed by atoms with Crippen molar-refractivity contribution in [2.75, 3.05) is 13.1 Å². The van der Waals surface area contributed by atoms with E-state index < -0.39 is 0 Å². The van der Waals surface area contributed by atoms with Gasteiger partial charge < -0.3 is 10.2 Å². The van der Waals surface area contributed by atoms with Gasteiger partial charge in [0.1, 0.15) is 5.82 Å². The summed E-state index contributed by atoms with van der Waals surface area (Å²) in [5.74, 6) is -0.144. The summed E-state index contributed by atoms with van der Waals surface area (Å²) in [6.45, 7) is 0.985. The maximum absolute atomic E-state index is 13.2. The molecule has 5 heteroatoms. The Bertz CT molecular complexity index is 807. The van der Waals surface area contributed by atoms with Crippen molar-refractivity contribution >= 4 is 11.8 Å². The Hall–Kier alpha value is -2.69. The molecule has 2 aliphatic rings. The first-order valence-corrected chi connectivity index (χ1v) is 9.01. The normalized spacial score (nSPS) is 25.3. The fourth-order valence-electron chi connectivity index (χ4n) is 3.83. The van der Waals surface area contributed by atoms with E-state index in [9.17, 15) is 14.0 Å². The van der Waals surface area contributed by atoms with Crippen LogP contribution in [0.5, 0.6) is 0 Å². The van der Waals surface area contributed by atoms with Crippen LogP contribution in [-0.2, 0) is 9.59 Å². The van der Waals surface area contributed by atoms with Crippen molar-refractivity contribution in [2.45, 2.75) is 24.8 Å². The van der Waals surface area contributed by atoms with E-state index in [0.717, 1.165) is 17.5 Å². The summed E-state index contributed by atoms with van der Waals surface area (Å²) in [5, 5.41) is 2.86. The van der Waals surface area contributed by atoms with Crippen LogP contribution in [0.3, 0.4) is 0 Å². The highest BCUT2D eigenvalue weighted by Crippen LogP contribution is 2.49. The lowest BCUT2D eigenvalue weighted by molar-refractivity contribution is -0.135. The highest BCUT2D eigenvalue weighted by atomic mass is 19.1. The minimum atomic E-state index is -0.265. The second kappa shape index (κ2) is 6.90. The molecule has 0 radical (unpaired) electrons. The molecule has 0 bridgehead atoms. The van der Waals surface area contributed by atoms with Crippen LogP contribution in [0.1, 0.15) is 35.9 Å². The second-order valence-electron chi connectivity index (χ2n) is 7.01. The van der Waals surface area contributed by atoms with Gasteiger partial charge in [-0.3, -0.25) is 9.59 Å². The lowest BCUT2D eigenvalue weighted by atomic mass is 10.0. The number of hydrogen-bond donors (Lipinski definition) is 1. The molecule has 134 valence electrons. The largest absolute Gasteiger partial charge is 0.354 e. The van der Waals surface area contributed by atoms with Crippen molar-refractivity contribution in [3.05, 3.63) is 71.5 Å². The smallest absolute Gasteiger partial charge is 0.226 e. The van der Waals surface area contributed by atoms with E-state index in [4.69, 9.17) is 0 Å². The molecule has 2 aromatic carbocycles. The molecular weight excluding hydrogens is 331 g/mol. The topological polar surface area (TPSA) is 49.4 Å². The van der Waals surface area contributed by atoms with E-state index in [2.05, 4.69) is 5.32 Å². The number of hydrogen-bond acceptors (Lipinski definition) is 2. The number of benzene rings is 2. The number of halogens is 1. The minimum Gasteiger partial charge on any atom is -0.354 e. The molecule has 4 rings (SSSR count). The first kappa shape index (κ1) is 16.8. The number of rotatable bonds is 3. The molecule has 3 atom stereocenters. The van der Waals surface area contributed by atoms with Crippen LogP contribution in [-0.4, -0.2) is 29.8 Å². The summed E-state index contributed by atoms with van der Waals surface area (Å²) < 4.78 is 13.1. The van der Waals surface area contributed by atoms with Gasteiger partial charge >= 0.3 is 0 Å². The maximum atomic E-state index is 13.2. The molecular formula is C21H21FN2O2. The number of amides is 2. The Labute approximate surface area is 152 Å². The SMILES string of the molecule is O=C1C[C@H](c2ccccc2)N(C(=O)[C@H]2C[C@@H]2c2ccc(F)cc2)CCN1. The van der Waals surface area contributed by atoms with Crippen molar-refractivity contribution in [1.29, 1.82) is 0 Å². The highest BCUT2D eigenvalue weighted by Gasteiger charge is 2.47. The van der Waals surface area contributed by atoms with Crippen LogP contribution in [0.2, 0.25) is 0 Å². The number of nitrogens with zero attached hydrogens (tertiary/aromatic N) is 1. The summed E-state index contributed by atoms with van der Waals surface area (Å²) in [7, 11) is 0. The minimum absolute atomic E-state index is 0.0277. The van der Waals surface area contributed by atoms with Crippen LogP contribution >= 0.6 is 0 Å². The van der Waals surface area contributed by atoms with Crippen LogP contribution < -0.4 is 5.32 Å². The monoisotopic (exact) mass is 352 g/mol. The predicted molar refractivity (Wildman–Crippen MR) is 95.8 cm³/mol. The first-order valence-electron chi connectivity index (χ1n) is 9.01. The Morgan fingerprint density at radius 3 is 2.50 bits per heavy atom. The van der Waals surface area contributed by atoms with E-state index in [0.29, 0.717) is 13.1 Å². The van der Waals surface area contributed by atoms with E-state index in [-0.39, 0.29) is 41.9 Å². The van der Waals surface area contributed by atoms with Gasteiger partial charge in [0.2, 0.25) is 11.8 Å². The van der Waals surface area contributed by atoms with Gasteiger partial charge in [-0.25, -0.2) is 4.39 Å². The molecule has 1 heterocycles. The summed E-state index contributed by atoms with van der Waals surface area (Å²) in [5.41, 5.74) is 1.99. The second-order valence-corrected chi connectivity index (χ2v) is 7.01. The third-order valence-electron chi connectivity index (χ3n) is 5.30. The van der Waals surface area contributed by atoms with Gasteiger partial charge in [0.05, 0.1) is 12.5 Å². The predicted octanol–water partition coefficient (Wildman–Crippen LogP) is 3.02.